The molecule has 1 saturated heterocycles. The summed E-state index contributed by atoms with van der Waals surface area (Å²) in [6, 6.07) is 8.11. The summed E-state index contributed by atoms with van der Waals surface area (Å²) in [6.07, 6.45) is 3.69. The van der Waals surface area contributed by atoms with Crippen LogP contribution in [0.2, 0.25) is 0 Å². The molecule has 2 N–H and O–H groups in total. The van der Waals surface area contributed by atoms with Crippen LogP contribution in [0.25, 0.3) is 0 Å². The van der Waals surface area contributed by atoms with Gasteiger partial charge >= 0.3 is 0 Å². The number of rotatable bonds is 5. The van der Waals surface area contributed by atoms with E-state index in [0.29, 0.717) is 30.4 Å². The summed E-state index contributed by atoms with van der Waals surface area (Å²) in [5.41, 5.74) is 8.32. The Balaban J connectivity index is 1.49. The van der Waals surface area contributed by atoms with Gasteiger partial charge in [-0.3, -0.25) is 20.4 Å². The van der Waals surface area contributed by atoms with E-state index < -0.39 is 0 Å². The SMILES string of the molecule is Cc1ccc(C(=O)CCC(=O)C2CCC3NNCC3C2)cc1. The van der Waals surface area contributed by atoms with E-state index in [1.54, 1.807) is 0 Å². The first-order chi connectivity index (χ1) is 10.6. The molecule has 118 valence electrons. The number of ketones is 2. The number of carbonyl (C=O) groups excluding carboxylic acids is 2. The lowest BCUT2D eigenvalue weighted by Crippen LogP contribution is -2.37. The average molecular weight is 300 g/mol. The Morgan fingerprint density at radius 1 is 1.14 bits per heavy atom. The first-order valence-electron chi connectivity index (χ1n) is 8.24. The van der Waals surface area contributed by atoms with Gasteiger partial charge in [-0.2, -0.15) is 0 Å². The normalized spacial score (nSPS) is 27.4. The summed E-state index contributed by atoms with van der Waals surface area (Å²) >= 11 is 0. The highest BCUT2D eigenvalue weighted by Crippen LogP contribution is 2.32. The molecule has 0 radical (unpaired) electrons. The molecule has 22 heavy (non-hydrogen) atoms. The van der Waals surface area contributed by atoms with Crippen molar-refractivity contribution >= 4 is 11.6 Å². The molecule has 3 unspecified atom stereocenters. The molecule has 0 amide bonds. The maximum absolute atomic E-state index is 12.4. The van der Waals surface area contributed by atoms with Gasteiger partial charge in [-0.15, -0.1) is 0 Å². The lowest BCUT2D eigenvalue weighted by molar-refractivity contribution is -0.124. The lowest BCUT2D eigenvalue weighted by atomic mass is 9.76. The van der Waals surface area contributed by atoms with Crippen molar-refractivity contribution in [3.8, 4) is 0 Å². The summed E-state index contributed by atoms with van der Waals surface area (Å²) in [6.45, 7) is 2.96. The standard InChI is InChI=1S/C18H24N2O2/c1-12-2-4-13(5-3-12)17(21)8-9-18(22)14-6-7-16-15(10-14)11-19-20-16/h2-5,14-16,19-20H,6-11H2,1H3. The van der Waals surface area contributed by atoms with E-state index in [1.807, 2.05) is 31.2 Å². The fraction of sp³-hybridized carbons (Fsp3) is 0.556. The van der Waals surface area contributed by atoms with Gasteiger partial charge < -0.3 is 0 Å². The number of fused-ring (bicyclic) bond motifs is 1. The van der Waals surface area contributed by atoms with Crippen LogP contribution in [0, 0.1) is 18.8 Å². The van der Waals surface area contributed by atoms with Gasteiger partial charge in [-0.25, -0.2) is 0 Å². The smallest absolute Gasteiger partial charge is 0.163 e. The van der Waals surface area contributed by atoms with Gasteiger partial charge in [0.15, 0.2) is 5.78 Å². The Bertz CT molecular complexity index is 553. The molecule has 1 aromatic carbocycles. The van der Waals surface area contributed by atoms with Gasteiger partial charge in [-0.05, 0) is 32.1 Å². The van der Waals surface area contributed by atoms with Gasteiger partial charge in [0.25, 0.3) is 0 Å². The van der Waals surface area contributed by atoms with Crippen LogP contribution in [0.5, 0.6) is 0 Å². The molecule has 0 bridgehead atoms. The van der Waals surface area contributed by atoms with Crippen molar-refractivity contribution in [1.82, 2.24) is 10.9 Å². The second kappa shape index (κ2) is 6.71. The second-order valence-corrected chi connectivity index (χ2v) is 6.66. The van der Waals surface area contributed by atoms with Gasteiger partial charge in [0, 0.05) is 36.9 Å². The zero-order chi connectivity index (χ0) is 15.5. The average Bonchev–Trinajstić information content (AvgIpc) is 3.00. The van der Waals surface area contributed by atoms with Crippen LogP contribution in [0.3, 0.4) is 0 Å². The monoisotopic (exact) mass is 300 g/mol. The molecule has 0 aromatic heterocycles. The second-order valence-electron chi connectivity index (χ2n) is 6.66. The minimum Gasteiger partial charge on any atom is -0.299 e. The van der Waals surface area contributed by atoms with E-state index >= 15 is 0 Å². The number of benzene rings is 1. The van der Waals surface area contributed by atoms with Crippen LogP contribution >= 0.6 is 0 Å². The van der Waals surface area contributed by atoms with Crippen LogP contribution in [0.15, 0.2) is 24.3 Å². The molecular weight excluding hydrogens is 276 g/mol. The van der Waals surface area contributed by atoms with Gasteiger partial charge in [-0.1, -0.05) is 29.8 Å². The number of hydrazine groups is 1. The van der Waals surface area contributed by atoms with E-state index in [9.17, 15) is 9.59 Å². The zero-order valence-electron chi connectivity index (χ0n) is 13.1. The highest BCUT2D eigenvalue weighted by atomic mass is 16.1. The fourth-order valence-electron chi connectivity index (χ4n) is 3.62. The molecule has 1 heterocycles. The van der Waals surface area contributed by atoms with Gasteiger partial charge in [0.05, 0.1) is 0 Å². The number of hydrogen-bond donors (Lipinski definition) is 2. The highest BCUT2D eigenvalue weighted by molar-refractivity contribution is 5.98. The van der Waals surface area contributed by atoms with E-state index in [4.69, 9.17) is 0 Å². The summed E-state index contributed by atoms with van der Waals surface area (Å²) in [5.74, 6) is 1.06. The highest BCUT2D eigenvalue weighted by Gasteiger charge is 2.36. The molecule has 1 saturated carbocycles. The molecule has 1 aliphatic heterocycles. The maximum atomic E-state index is 12.4. The quantitative estimate of drug-likeness (QED) is 0.820. The molecule has 4 heteroatoms. The van der Waals surface area contributed by atoms with E-state index in [-0.39, 0.29) is 17.5 Å². The Labute approximate surface area is 131 Å². The summed E-state index contributed by atoms with van der Waals surface area (Å²) < 4.78 is 0. The van der Waals surface area contributed by atoms with Crippen molar-refractivity contribution in [3.05, 3.63) is 35.4 Å². The largest absolute Gasteiger partial charge is 0.299 e. The van der Waals surface area contributed by atoms with Gasteiger partial charge in [0.1, 0.15) is 5.78 Å². The van der Waals surface area contributed by atoms with Crippen LogP contribution in [-0.4, -0.2) is 24.2 Å². The van der Waals surface area contributed by atoms with Crippen LogP contribution in [0.4, 0.5) is 0 Å². The Hall–Kier alpha value is -1.52. The lowest BCUT2D eigenvalue weighted by Gasteiger charge is -2.29. The van der Waals surface area contributed by atoms with Crippen LogP contribution in [0.1, 0.15) is 48.0 Å². The van der Waals surface area contributed by atoms with Gasteiger partial charge in [0.2, 0.25) is 0 Å². The van der Waals surface area contributed by atoms with E-state index in [1.165, 1.54) is 0 Å². The number of carbonyl (C=O) groups is 2. The number of nitrogens with one attached hydrogen (secondary N) is 2. The molecular formula is C18H24N2O2. The molecule has 4 nitrogen and oxygen atoms in total. The molecule has 2 fully saturated rings. The van der Waals surface area contributed by atoms with Crippen molar-refractivity contribution in [2.45, 2.75) is 45.1 Å². The van der Waals surface area contributed by atoms with Crippen molar-refractivity contribution < 1.29 is 9.59 Å². The molecule has 3 rings (SSSR count). The van der Waals surface area contributed by atoms with Crippen molar-refractivity contribution in [2.75, 3.05) is 6.54 Å². The van der Waals surface area contributed by atoms with E-state index in [2.05, 4.69) is 10.9 Å². The fourth-order valence-corrected chi connectivity index (χ4v) is 3.62. The molecule has 1 aliphatic carbocycles. The van der Waals surface area contributed by atoms with E-state index in [0.717, 1.165) is 31.4 Å². The van der Waals surface area contributed by atoms with Crippen LogP contribution < -0.4 is 10.9 Å². The third-order valence-electron chi connectivity index (χ3n) is 5.06. The molecule has 0 spiro atoms. The summed E-state index contributed by atoms with van der Waals surface area (Å²) in [4.78, 5) is 24.5. The molecule has 3 atom stereocenters. The topological polar surface area (TPSA) is 58.2 Å². The van der Waals surface area contributed by atoms with Crippen LogP contribution in [-0.2, 0) is 4.79 Å². The van der Waals surface area contributed by atoms with Crippen molar-refractivity contribution in [1.29, 1.82) is 0 Å². The molecule has 1 aromatic rings. The predicted octanol–water partition coefficient (Wildman–Crippen LogP) is 2.42. The Morgan fingerprint density at radius 2 is 1.91 bits per heavy atom. The van der Waals surface area contributed by atoms with Crippen molar-refractivity contribution in [3.63, 3.8) is 0 Å². The third kappa shape index (κ3) is 3.45. The third-order valence-corrected chi connectivity index (χ3v) is 5.06. The summed E-state index contributed by atoms with van der Waals surface area (Å²) in [7, 11) is 0. The minimum atomic E-state index is 0.0752. The Morgan fingerprint density at radius 3 is 2.68 bits per heavy atom. The maximum Gasteiger partial charge on any atom is 0.163 e. The number of aryl methyl sites for hydroxylation is 1. The number of Topliss-reactive ketones (excluding diaryl/α,β-unsaturated/α-hetero) is 2. The summed E-state index contributed by atoms with van der Waals surface area (Å²) in [5, 5.41) is 0. The number of hydrogen-bond acceptors (Lipinski definition) is 4. The first kappa shape index (κ1) is 15.4. The van der Waals surface area contributed by atoms with Crippen molar-refractivity contribution in [2.24, 2.45) is 11.8 Å². The predicted molar refractivity (Wildman–Crippen MR) is 85.5 cm³/mol. The zero-order valence-corrected chi connectivity index (χ0v) is 13.1. The first-order valence-corrected chi connectivity index (χ1v) is 8.24. The Kier molecular flexibility index (Phi) is 4.69. The molecule has 2 aliphatic rings. The minimum absolute atomic E-state index is 0.0752.